The number of ether oxygens (including phenoxy) is 1. The molecule has 0 heterocycles. The molecule has 2 N–H and O–H groups in total. The van der Waals surface area contributed by atoms with Crippen molar-refractivity contribution in [1.29, 1.82) is 0 Å². The molecule has 0 saturated heterocycles. The number of allylic oxidation sites excluding steroid dienone is 6. The average Bonchev–Trinajstić information content (AvgIpc) is 2.88. The van der Waals surface area contributed by atoms with Crippen LogP contribution in [0.15, 0.2) is 35.5 Å². The Hall–Kier alpha value is -2.05. The van der Waals surface area contributed by atoms with Crippen molar-refractivity contribution in [2.45, 2.75) is 58.2 Å². The summed E-state index contributed by atoms with van der Waals surface area (Å²) in [6.07, 6.45) is 8.54. The van der Waals surface area contributed by atoms with Gasteiger partial charge in [-0.3, -0.25) is 14.4 Å². The maximum atomic E-state index is 12.9. The molecule has 156 valence electrons. The van der Waals surface area contributed by atoms with E-state index >= 15 is 0 Å². The highest BCUT2D eigenvalue weighted by molar-refractivity contribution is 6.01. The molecule has 29 heavy (non-hydrogen) atoms. The van der Waals surface area contributed by atoms with Crippen LogP contribution in [0.4, 0.5) is 0 Å². The van der Waals surface area contributed by atoms with Crippen molar-refractivity contribution >= 4 is 17.5 Å². The number of carbonyl (C=O) groups excluding carboxylic acids is 3. The van der Waals surface area contributed by atoms with Crippen molar-refractivity contribution < 1.29 is 29.3 Å². The molecule has 6 atom stereocenters. The number of aliphatic hydroxyl groups excluding tert-OH is 1. The Morgan fingerprint density at radius 1 is 1.31 bits per heavy atom. The maximum absolute atomic E-state index is 12.9. The fraction of sp³-hybridized carbons (Fsp3) is 0.609. The number of esters is 1. The zero-order valence-electron chi connectivity index (χ0n) is 17.1. The van der Waals surface area contributed by atoms with E-state index in [-0.39, 0.29) is 23.0 Å². The third kappa shape index (κ3) is 2.65. The molecule has 2 saturated carbocycles. The van der Waals surface area contributed by atoms with E-state index in [4.69, 9.17) is 4.74 Å². The van der Waals surface area contributed by atoms with Gasteiger partial charge in [0.1, 0.15) is 0 Å². The molecule has 0 spiro atoms. The Bertz CT molecular complexity index is 882. The minimum atomic E-state index is -1.95. The van der Waals surface area contributed by atoms with Gasteiger partial charge >= 0.3 is 5.97 Å². The Morgan fingerprint density at radius 3 is 2.72 bits per heavy atom. The summed E-state index contributed by atoms with van der Waals surface area (Å²) < 4.78 is 4.83. The van der Waals surface area contributed by atoms with Crippen LogP contribution in [-0.4, -0.2) is 46.1 Å². The highest BCUT2D eigenvalue weighted by Crippen LogP contribution is 2.65. The van der Waals surface area contributed by atoms with Crippen molar-refractivity contribution in [2.24, 2.45) is 22.7 Å². The number of rotatable bonds is 3. The topological polar surface area (TPSA) is 101 Å². The first kappa shape index (κ1) is 20.2. The molecule has 0 aliphatic heterocycles. The molecule has 4 aliphatic rings. The van der Waals surface area contributed by atoms with E-state index in [9.17, 15) is 24.6 Å². The maximum Gasteiger partial charge on any atom is 0.303 e. The van der Waals surface area contributed by atoms with E-state index in [2.05, 4.69) is 13.0 Å². The van der Waals surface area contributed by atoms with Crippen molar-refractivity contribution in [3.8, 4) is 0 Å². The summed E-state index contributed by atoms with van der Waals surface area (Å²) in [5.74, 6) is -1.20. The first-order valence-electron chi connectivity index (χ1n) is 10.3. The van der Waals surface area contributed by atoms with E-state index in [1.807, 2.05) is 13.0 Å². The summed E-state index contributed by atoms with van der Waals surface area (Å²) in [5.41, 5.74) is -0.805. The molecule has 0 unspecified atom stereocenters. The number of carbonyl (C=O) groups is 3. The zero-order chi connectivity index (χ0) is 21.2. The van der Waals surface area contributed by atoms with Crippen molar-refractivity contribution in [3.63, 3.8) is 0 Å². The lowest BCUT2D eigenvalue weighted by molar-refractivity contribution is -0.174. The van der Waals surface area contributed by atoms with Crippen LogP contribution >= 0.6 is 0 Å². The summed E-state index contributed by atoms with van der Waals surface area (Å²) in [7, 11) is 0. The van der Waals surface area contributed by atoms with Gasteiger partial charge in [0.05, 0.1) is 6.10 Å². The minimum absolute atomic E-state index is 0.0129. The Labute approximate surface area is 170 Å². The molecule has 0 aromatic heterocycles. The SMILES string of the molecule is CC(=O)OCC(=O)[C@@]1(O)[C@@H](O)C[C@H]2[C@@H]3CCC4=CC(=O)C=C[C@]4(C)C3=CC[C@@]21C. The van der Waals surface area contributed by atoms with E-state index in [0.29, 0.717) is 12.8 Å². The third-order valence-corrected chi connectivity index (χ3v) is 8.00. The average molecular weight is 400 g/mol. The van der Waals surface area contributed by atoms with Gasteiger partial charge in [0.2, 0.25) is 5.78 Å². The lowest BCUT2D eigenvalue weighted by Crippen LogP contribution is -2.59. The van der Waals surface area contributed by atoms with E-state index in [0.717, 1.165) is 18.4 Å². The van der Waals surface area contributed by atoms with Crippen molar-refractivity contribution in [2.75, 3.05) is 6.61 Å². The van der Waals surface area contributed by atoms with E-state index in [1.54, 1.807) is 12.2 Å². The van der Waals surface area contributed by atoms with E-state index in [1.165, 1.54) is 12.5 Å². The molecule has 6 nitrogen and oxygen atoms in total. The van der Waals surface area contributed by atoms with Gasteiger partial charge in [0.15, 0.2) is 18.0 Å². The predicted octanol–water partition coefficient (Wildman–Crippen LogP) is 2.05. The molecule has 0 bridgehead atoms. The molecule has 4 rings (SSSR count). The van der Waals surface area contributed by atoms with Gasteiger partial charge in [-0.05, 0) is 56.6 Å². The van der Waals surface area contributed by atoms with Gasteiger partial charge in [-0.25, -0.2) is 0 Å². The van der Waals surface area contributed by atoms with Crippen LogP contribution in [0.5, 0.6) is 0 Å². The summed E-state index contributed by atoms with van der Waals surface area (Å²) >= 11 is 0. The minimum Gasteiger partial charge on any atom is -0.458 e. The monoisotopic (exact) mass is 400 g/mol. The summed E-state index contributed by atoms with van der Waals surface area (Å²) in [6.45, 7) is 4.65. The Morgan fingerprint density at radius 2 is 2.03 bits per heavy atom. The standard InChI is InChI=1S/C23H28O6/c1-13(24)29-12-20(27)23(28)19(26)11-18-16-5-4-14-10-15(25)6-8-21(14,2)17(16)7-9-22(18,23)3/h6-8,10,16,18-19,26,28H,4-5,9,11-12H2,1-3H3/t16-,18+,19+,21+,22+,23+/m1/s1. The number of aliphatic hydroxyl groups is 2. The van der Waals surface area contributed by atoms with Crippen molar-refractivity contribution in [3.05, 3.63) is 35.5 Å². The molecular weight excluding hydrogens is 372 g/mol. The lowest BCUT2D eigenvalue weighted by Gasteiger charge is -2.53. The van der Waals surface area contributed by atoms with E-state index < -0.39 is 35.5 Å². The zero-order valence-corrected chi connectivity index (χ0v) is 17.1. The van der Waals surface area contributed by atoms with Crippen LogP contribution in [-0.2, 0) is 19.1 Å². The highest BCUT2D eigenvalue weighted by Gasteiger charge is 2.68. The van der Waals surface area contributed by atoms with Gasteiger partial charge in [0, 0.05) is 17.8 Å². The molecule has 0 amide bonds. The first-order valence-corrected chi connectivity index (χ1v) is 10.3. The van der Waals surface area contributed by atoms with Gasteiger partial charge in [-0.1, -0.05) is 30.2 Å². The number of fused-ring (bicyclic) bond motifs is 5. The molecule has 0 radical (unpaired) electrons. The molecule has 4 aliphatic carbocycles. The number of hydrogen-bond donors (Lipinski definition) is 2. The number of hydrogen-bond acceptors (Lipinski definition) is 6. The first-order chi connectivity index (χ1) is 13.5. The summed E-state index contributed by atoms with van der Waals surface area (Å²) in [4.78, 5) is 35.8. The van der Waals surface area contributed by atoms with Gasteiger partial charge in [-0.15, -0.1) is 0 Å². The Balaban J connectivity index is 1.71. The fourth-order valence-electron chi connectivity index (χ4n) is 6.33. The summed E-state index contributed by atoms with van der Waals surface area (Å²) in [5, 5.41) is 22.2. The predicted molar refractivity (Wildman–Crippen MR) is 105 cm³/mol. The second-order valence-electron chi connectivity index (χ2n) is 9.36. The normalized spacial score (nSPS) is 42.9. The fourth-order valence-corrected chi connectivity index (χ4v) is 6.33. The Kier molecular flexibility index (Phi) is 4.52. The van der Waals surface area contributed by atoms with Crippen LogP contribution in [0.1, 0.15) is 46.5 Å². The summed E-state index contributed by atoms with van der Waals surface area (Å²) in [6, 6.07) is 0. The van der Waals surface area contributed by atoms with Gasteiger partial charge in [-0.2, -0.15) is 0 Å². The van der Waals surface area contributed by atoms with Crippen LogP contribution in [0.3, 0.4) is 0 Å². The quantitative estimate of drug-likeness (QED) is 0.555. The smallest absolute Gasteiger partial charge is 0.303 e. The van der Waals surface area contributed by atoms with Crippen LogP contribution in [0, 0.1) is 22.7 Å². The number of Topliss-reactive ketones (excluding diaryl/α,β-unsaturated/α-hetero) is 1. The van der Waals surface area contributed by atoms with Crippen LogP contribution in [0.25, 0.3) is 0 Å². The van der Waals surface area contributed by atoms with Crippen molar-refractivity contribution in [1.82, 2.24) is 0 Å². The second-order valence-corrected chi connectivity index (χ2v) is 9.36. The van der Waals surface area contributed by atoms with Gasteiger partial charge < -0.3 is 14.9 Å². The molecule has 0 aromatic rings. The van der Waals surface area contributed by atoms with Crippen LogP contribution < -0.4 is 0 Å². The molecule has 6 heteroatoms. The number of ketones is 2. The van der Waals surface area contributed by atoms with Crippen LogP contribution in [0.2, 0.25) is 0 Å². The molecule has 2 fully saturated rings. The second kappa shape index (κ2) is 6.47. The van der Waals surface area contributed by atoms with Gasteiger partial charge in [0.25, 0.3) is 0 Å². The lowest BCUT2D eigenvalue weighted by atomic mass is 9.51. The third-order valence-electron chi connectivity index (χ3n) is 8.00. The molecular formula is C23H28O6. The largest absolute Gasteiger partial charge is 0.458 e. The highest BCUT2D eigenvalue weighted by atomic mass is 16.5. The molecule has 0 aromatic carbocycles.